The third-order valence-electron chi connectivity index (χ3n) is 6.32. The van der Waals surface area contributed by atoms with Crippen molar-refractivity contribution >= 4 is 64.9 Å². The lowest BCUT2D eigenvalue weighted by Gasteiger charge is -2.12. The standard InChI is InChI=1S/C28H17NOS/c1-16-28-20(10-11-29-16)21-14-22-18-6-2-4-8-25(18)30-26(22)13-17(21)12-23(28)24-15-31-27-9-5-3-7-19(24)27/h2-15H,1H3. The molecule has 7 aromatic rings. The molecule has 0 saturated heterocycles. The summed E-state index contributed by atoms with van der Waals surface area (Å²) in [7, 11) is 0. The molecule has 0 N–H and O–H groups in total. The highest BCUT2D eigenvalue weighted by Gasteiger charge is 2.16. The average molecular weight is 416 g/mol. The maximum absolute atomic E-state index is 6.19. The Hall–Kier alpha value is -3.69. The smallest absolute Gasteiger partial charge is 0.136 e. The highest BCUT2D eigenvalue weighted by atomic mass is 32.1. The van der Waals surface area contributed by atoms with Crippen molar-refractivity contribution in [2.75, 3.05) is 0 Å². The van der Waals surface area contributed by atoms with Gasteiger partial charge in [0, 0.05) is 43.7 Å². The highest BCUT2D eigenvalue weighted by molar-refractivity contribution is 7.17. The van der Waals surface area contributed by atoms with Gasteiger partial charge in [-0.1, -0.05) is 36.4 Å². The molecule has 0 aliphatic heterocycles. The van der Waals surface area contributed by atoms with E-state index in [0.717, 1.165) is 27.6 Å². The first-order valence-corrected chi connectivity index (χ1v) is 11.3. The molecule has 2 nitrogen and oxygen atoms in total. The minimum atomic E-state index is 0.930. The second-order valence-electron chi connectivity index (χ2n) is 8.06. The summed E-state index contributed by atoms with van der Waals surface area (Å²) >= 11 is 1.80. The number of fused-ring (bicyclic) bond motifs is 7. The van der Waals surface area contributed by atoms with Crippen molar-refractivity contribution < 1.29 is 4.42 Å². The molecule has 0 spiro atoms. The molecule has 3 heteroatoms. The fourth-order valence-electron chi connectivity index (χ4n) is 4.90. The molecule has 0 unspecified atom stereocenters. The Bertz CT molecular complexity index is 1810. The third kappa shape index (κ3) is 2.35. The van der Waals surface area contributed by atoms with E-state index in [1.54, 1.807) is 11.3 Å². The van der Waals surface area contributed by atoms with Gasteiger partial charge in [0.25, 0.3) is 0 Å². The first-order valence-electron chi connectivity index (χ1n) is 10.4. The van der Waals surface area contributed by atoms with Crippen LogP contribution in [0.5, 0.6) is 0 Å². The number of hydrogen-bond acceptors (Lipinski definition) is 3. The Balaban J connectivity index is 1.67. The van der Waals surface area contributed by atoms with Gasteiger partial charge in [-0.15, -0.1) is 11.3 Å². The monoisotopic (exact) mass is 415 g/mol. The van der Waals surface area contributed by atoms with Crippen LogP contribution in [0.3, 0.4) is 0 Å². The second kappa shape index (κ2) is 6.16. The van der Waals surface area contributed by atoms with Crippen molar-refractivity contribution in [2.24, 2.45) is 0 Å². The van der Waals surface area contributed by atoms with E-state index in [-0.39, 0.29) is 0 Å². The van der Waals surface area contributed by atoms with Crippen LogP contribution in [0.2, 0.25) is 0 Å². The van der Waals surface area contributed by atoms with E-state index in [0.29, 0.717) is 0 Å². The van der Waals surface area contributed by atoms with Crippen LogP contribution >= 0.6 is 11.3 Å². The fraction of sp³-hybridized carbons (Fsp3) is 0.0357. The lowest BCUT2D eigenvalue weighted by molar-refractivity contribution is 0.669. The van der Waals surface area contributed by atoms with Gasteiger partial charge in [-0.2, -0.15) is 0 Å². The molecule has 0 aliphatic rings. The average Bonchev–Trinajstić information content (AvgIpc) is 3.38. The predicted octanol–water partition coefficient (Wildman–Crippen LogP) is 8.48. The molecule has 0 atom stereocenters. The van der Waals surface area contributed by atoms with Gasteiger partial charge in [0.2, 0.25) is 0 Å². The molecule has 7 rings (SSSR count). The minimum absolute atomic E-state index is 0.930. The number of hydrogen-bond donors (Lipinski definition) is 0. The summed E-state index contributed by atoms with van der Waals surface area (Å²) in [4.78, 5) is 4.65. The molecule has 3 heterocycles. The Morgan fingerprint density at radius 1 is 0.710 bits per heavy atom. The summed E-state index contributed by atoms with van der Waals surface area (Å²) in [6.07, 6.45) is 1.92. The van der Waals surface area contributed by atoms with E-state index in [1.807, 2.05) is 18.3 Å². The second-order valence-corrected chi connectivity index (χ2v) is 8.97. The van der Waals surface area contributed by atoms with Crippen LogP contribution in [0.25, 0.3) is 64.7 Å². The molecule has 0 radical (unpaired) electrons. The number of rotatable bonds is 1. The first kappa shape index (κ1) is 17.0. The number of benzene rings is 4. The molecule has 146 valence electrons. The number of furan rings is 1. The van der Waals surface area contributed by atoms with Crippen LogP contribution in [-0.4, -0.2) is 4.98 Å². The largest absolute Gasteiger partial charge is 0.456 e. The van der Waals surface area contributed by atoms with Crippen LogP contribution in [0.1, 0.15) is 5.69 Å². The zero-order chi connectivity index (χ0) is 20.5. The van der Waals surface area contributed by atoms with Gasteiger partial charge in [0.1, 0.15) is 11.2 Å². The predicted molar refractivity (Wildman–Crippen MR) is 132 cm³/mol. The summed E-state index contributed by atoms with van der Waals surface area (Å²) in [5.41, 5.74) is 5.43. The van der Waals surface area contributed by atoms with Crippen molar-refractivity contribution in [1.82, 2.24) is 4.98 Å². The Kier molecular flexibility index (Phi) is 3.39. The number of para-hydroxylation sites is 1. The SMILES string of the molecule is Cc1nccc2c1c(-c1csc3ccccc13)cc1cc3oc4ccccc4c3cc12. The Morgan fingerprint density at radius 2 is 1.55 bits per heavy atom. The number of pyridine rings is 1. The maximum Gasteiger partial charge on any atom is 0.136 e. The summed E-state index contributed by atoms with van der Waals surface area (Å²) < 4.78 is 7.49. The van der Waals surface area contributed by atoms with Gasteiger partial charge in [0.05, 0.1) is 0 Å². The van der Waals surface area contributed by atoms with E-state index in [9.17, 15) is 0 Å². The summed E-state index contributed by atoms with van der Waals surface area (Å²) in [6, 6.07) is 25.8. The van der Waals surface area contributed by atoms with Crippen molar-refractivity contribution in [3.05, 3.63) is 90.1 Å². The van der Waals surface area contributed by atoms with Gasteiger partial charge >= 0.3 is 0 Å². The Labute approximate surface area is 182 Å². The molecule has 0 aliphatic carbocycles. The summed E-state index contributed by atoms with van der Waals surface area (Å²) in [5.74, 6) is 0. The molecule has 3 aromatic heterocycles. The normalized spacial score (nSPS) is 12.0. The van der Waals surface area contributed by atoms with Crippen molar-refractivity contribution in [3.8, 4) is 11.1 Å². The Morgan fingerprint density at radius 3 is 2.48 bits per heavy atom. The van der Waals surface area contributed by atoms with Gasteiger partial charge in [-0.3, -0.25) is 4.98 Å². The maximum atomic E-state index is 6.19. The minimum Gasteiger partial charge on any atom is -0.456 e. The summed E-state index contributed by atoms with van der Waals surface area (Å²) in [6.45, 7) is 2.11. The molecule has 4 aromatic carbocycles. The number of aryl methyl sites for hydroxylation is 1. The van der Waals surface area contributed by atoms with Crippen molar-refractivity contribution in [2.45, 2.75) is 6.92 Å². The number of aromatic nitrogens is 1. The zero-order valence-corrected chi connectivity index (χ0v) is 17.7. The van der Waals surface area contributed by atoms with Gasteiger partial charge in [0.15, 0.2) is 0 Å². The molecule has 31 heavy (non-hydrogen) atoms. The lowest BCUT2D eigenvalue weighted by Crippen LogP contribution is -1.89. The van der Waals surface area contributed by atoms with Crippen LogP contribution in [0.15, 0.2) is 88.8 Å². The van der Waals surface area contributed by atoms with Gasteiger partial charge in [-0.05, 0) is 70.4 Å². The quantitative estimate of drug-likeness (QED) is 0.251. The third-order valence-corrected chi connectivity index (χ3v) is 7.28. The van der Waals surface area contributed by atoms with E-state index < -0.39 is 0 Å². The number of nitrogens with zero attached hydrogens (tertiary/aromatic N) is 1. The van der Waals surface area contributed by atoms with Crippen LogP contribution in [0, 0.1) is 6.92 Å². The fourth-order valence-corrected chi connectivity index (χ4v) is 5.86. The van der Waals surface area contributed by atoms with Crippen molar-refractivity contribution in [3.63, 3.8) is 0 Å². The van der Waals surface area contributed by atoms with E-state index >= 15 is 0 Å². The van der Waals surface area contributed by atoms with E-state index in [1.165, 1.54) is 42.8 Å². The van der Waals surface area contributed by atoms with Crippen LogP contribution < -0.4 is 0 Å². The molecule has 0 amide bonds. The van der Waals surface area contributed by atoms with Crippen molar-refractivity contribution in [1.29, 1.82) is 0 Å². The topological polar surface area (TPSA) is 26.0 Å². The molecule has 0 fully saturated rings. The van der Waals surface area contributed by atoms with Crippen LogP contribution in [0.4, 0.5) is 0 Å². The first-order chi connectivity index (χ1) is 15.3. The number of thiophene rings is 1. The van der Waals surface area contributed by atoms with Gasteiger partial charge in [-0.25, -0.2) is 0 Å². The van der Waals surface area contributed by atoms with Gasteiger partial charge < -0.3 is 4.42 Å². The zero-order valence-electron chi connectivity index (χ0n) is 16.8. The summed E-state index contributed by atoms with van der Waals surface area (Å²) in [5, 5.41) is 10.8. The molecular formula is C28H17NOS. The highest BCUT2D eigenvalue weighted by Crippen LogP contribution is 2.43. The molecule has 0 bridgehead atoms. The van der Waals surface area contributed by atoms with E-state index in [4.69, 9.17) is 4.42 Å². The lowest BCUT2D eigenvalue weighted by atomic mass is 9.92. The van der Waals surface area contributed by atoms with E-state index in [2.05, 4.69) is 78.0 Å². The molecule has 0 saturated carbocycles. The molecular weight excluding hydrogens is 398 g/mol. The van der Waals surface area contributed by atoms with Crippen LogP contribution in [-0.2, 0) is 0 Å².